The molecule has 21 heavy (non-hydrogen) atoms. The number of nitrogens with one attached hydrogen (secondary N) is 1. The molecule has 5 nitrogen and oxygen atoms in total. The van der Waals surface area contributed by atoms with E-state index in [1.807, 2.05) is 18.2 Å². The highest BCUT2D eigenvalue weighted by atomic mass is 35.5. The third-order valence-electron chi connectivity index (χ3n) is 2.68. The molecule has 0 atom stereocenters. The average molecular weight is 320 g/mol. The number of aromatic carboxylic acids is 1. The molecule has 0 fully saturated rings. The van der Waals surface area contributed by atoms with Crippen LogP contribution >= 0.6 is 23.4 Å². The van der Waals surface area contributed by atoms with E-state index in [0.29, 0.717) is 15.8 Å². The second kappa shape index (κ2) is 6.48. The summed E-state index contributed by atoms with van der Waals surface area (Å²) in [6, 6.07) is 10.1. The van der Waals surface area contributed by atoms with Crippen LogP contribution in [0.3, 0.4) is 0 Å². The van der Waals surface area contributed by atoms with Gasteiger partial charge in [0, 0.05) is 10.8 Å². The van der Waals surface area contributed by atoms with Crippen molar-refractivity contribution in [2.75, 3.05) is 0 Å². The Hall–Kier alpha value is -2.23. The molecule has 0 amide bonds. The number of carbonyl (C=O) groups is 1. The lowest BCUT2D eigenvalue weighted by Gasteiger charge is -2.08. The molecule has 0 unspecified atom stereocenters. The Morgan fingerprint density at radius 2 is 2.14 bits per heavy atom. The molecule has 0 radical (unpaired) electrons. The summed E-state index contributed by atoms with van der Waals surface area (Å²) in [4.78, 5) is 24.8. The number of benzene rings is 1. The number of aromatic nitrogens is 1. The molecular weight excluding hydrogens is 312 g/mol. The minimum absolute atomic E-state index is 0.0749. The highest BCUT2D eigenvalue weighted by molar-refractivity contribution is 7.98. The van der Waals surface area contributed by atoms with Crippen LogP contribution in [-0.4, -0.2) is 11.0 Å². The largest absolute Gasteiger partial charge is 0.545 e. The molecule has 1 aromatic carbocycles. The van der Waals surface area contributed by atoms with Gasteiger partial charge in [-0.05, 0) is 17.7 Å². The molecule has 0 bridgehead atoms. The van der Waals surface area contributed by atoms with Crippen LogP contribution in [-0.2, 0) is 5.75 Å². The van der Waals surface area contributed by atoms with Gasteiger partial charge < -0.3 is 14.9 Å². The van der Waals surface area contributed by atoms with Crippen molar-refractivity contribution in [3.05, 3.63) is 62.4 Å². The number of rotatable bonds is 4. The fourth-order valence-electron chi connectivity index (χ4n) is 1.63. The first-order valence-electron chi connectivity index (χ1n) is 5.78. The molecule has 0 aliphatic rings. The van der Waals surface area contributed by atoms with E-state index < -0.39 is 17.1 Å². The summed E-state index contributed by atoms with van der Waals surface area (Å²) < 4.78 is 0. The molecule has 0 aliphatic heterocycles. The van der Waals surface area contributed by atoms with Crippen LogP contribution in [0.15, 0.2) is 40.2 Å². The van der Waals surface area contributed by atoms with Crippen LogP contribution in [0.1, 0.15) is 21.5 Å². The van der Waals surface area contributed by atoms with E-state index in [-0.39, 0.29) is 5.56 Å². The SMILES string of the molecule is N#Cc1cc(C(=O)[O-])c(=O)[nH]c1SCc1ccccc1Cl. The Balaban J connectivity index is 2.31. The topological polar surface area (TPSA) is 96.8 Å². The van der Waals surface area contributed by atoms with E-state index in [4.69, 9.17) is 16.9 Å². The monoisotopic (exact) mass is 319 g/mol. The first kappa shape index (κ1) is 15.2. The van der Waals surface area contributed by atoms with E-state index in [0.717, 1.165) is 11.6 Å². The summed E-state index contributed by atoms with van der Waals surface area (Å²) in [6.07, 6.45) is 0. The maximum absolute atomic E-state index is 11.6. The fourth-order valence-corrected chi connectivity index (χ4v) is 2.89. The summed E-state index contributed by atoms with van der Waals surface area (Å²) in [5.74, 6) is -1.18. The average Bonchev–Trinajstić information content (AvgIpc) is 2.46. The van der Waals surface area contributed by atoms with E-state index in [2.05, 4.69) is 4.98 Å². The van der Waals surface area contributed by atoms with Gasteiger partial charge in [-0.1, -0.05) is 29.8 Å². The molecule has 0 saturated heterocycles. The van der Waals surface area contributed by atoms with Crippen molar-refractivity contribution in [1.82, 2.24) is 4.98 Å². The summed E-state index contributed by atoms with van der Waals surface area (Å²) in [5, 5.41) is 20.7. The van der Waals surface area contributed by atoms with Crippen molar-refractivity contribution in [1.29, 1.82) is 5.26 Å². The van der Waals surface area contributed by atoms with Crippen LogP contribution in [0.2, 0.25) is 5.02 Å². The van der Waals surface area contributed by atoms with Crippen LogP contribution in [0, 0.1) is 11.3 Å². The highest BCUT2D eigenvalue weighted by Crippen LogP contribution is 2.26. The number of thioether (sulfide) groups is 1. The second-order valence-corrected chi connectivity index (χ2v) is 5.43. The maximum atomic E-state index is 11.6. The summed E-state index contributed by atoms with van der Waals surface area (Å²) >= 11 is 7.22. The van der Waals surface area contributed by atoms with Crippen molar-refractivity contribution in [3.63, 3.8) is 0 Å². The Morgan fingerprint density at radius 1 is 1.43 bits per heavy atom. The molecule has 0 aliphatic carbocycles. The minimum Gasteiger partial charge on any atom is -0.545 e. The quantitative estimate of drug-likeness (QED) is 0.862. The Morgan fingerprint density at radius 3 is 2.76 bits per heavy atom. The van der Waals surface area contributed by atoms with Crippen LogP contribution in [0.4, 0.5) is 0 Å². The predicted molar refractivity (Wildman–Crippen MR) is 77.1 cm³/mol. The number of nitriles is 1. The Kier molecular flexibility index (Phi) is 4.68. The third-order valence-corrected chi connectivity index (χ3v) is 4.11. The van der Waals surface area contributed by atoms with Crippen LogP contribution < -0.4 is 10.7 Å². The van der Waals surface area contributed by atoms with Gasteiger partial charge in [0.2, 0.25) is 0 Å². The molecule has 2 aromatic rings. The van der Waals surface area contributed by atoms with Crippen LogP contribution in [0.5, 0.6) is 0 Å². The summed E-state index contributed by atoms with van der Waals surface area (Å²) in [6.45, 7) is 0. The molecule has 1 heterocycles. The Labute approximate surface area is 129 Å². The Bertz CT molecular complexity index is 796. The fraction of sp³-hybridized carbons (Fsp3) is 0.0714. The summed E-state index contributed by atoms with van der Waals surface area (Å²) in [5.41, 5.74) is -0.437. The number of carboxylic acids is 1. The van der Waals surface area contributed by atoms with E-state index >= 15 is 0 Å². The van der Waals surface area contributed by atoms with Crippen molar-refractivity contribution >= 4 is 29.3 Å². The first-order chi connectivity index (χ1) is 10.0. The van der Waals surface area contributed by atoms with E-state index in [9.17, 15) is 14.7 Å². The van der Waals surface area contributed by atoms with Gasteiger partial charge in [0.15, 0.2) is 0 Å². The van der Waals surface area contributed by atoms with Gasteiger partial charge >= 0.3 is 0 Å². The number of aromatic amines is 1. The lowest BCUT2D eigenvalue weighted by atomic mass is 10.2. The van der Waals surface area contributed by atoms with Crippen molar-refractivity contribution in [2.24, 2.45) is 0 Å². The van der Waals surface area contributed by atoms with Crippen molar-refractivity contribution < 1.29 is 9.90 Å². The molecule has 1 aromatic heterocycles. The lowest BCUT2D eigenvalue weighted by molar-refractivity contribution is -0.255. The zero-order valence-corrected chi connectivity index (χ0v) is 12.1. The normalized spacial score (nSPS) is 10.1. The number of halogens is 1. The van der Waals surface area contributed by atoms with Gasteiger partial charge in [0.25, 0.3) is 5.56 Å². The molecule has 2 rings (SSSR count). The standard InChI is InChI=1S/C14H9ClN2O3S/c15-11-4-2-1-3-8(11)7-21-13-9(6-16)5-10(14(19)20)12(18)17-13/h1-5H,7H2,(H,17,18)(H,19,20)/p-1. The number of hydrogen-bond acceptors (Lipinski definition) is 5. The second-order valence-electron chi connectivity index (χ2n) is 4.03. The van der Waals surface area contributed by atoms with Gasteiger partial charge in [-0.2, -0.15) is 5.26 Å². The zero-order valence-electron chi connectivity index (χ0n) is 10.6. The van der Waals surface area contributed by atoms with Gasteiger partial charge in [0.05, 0.1) is 22.1 Å². The predicted octanol–water partition coefficient (Wildman–Crippen LogP) is 1.56. The van der Waals surface area contributed by atoms with Gasteiger partial charge in [-0.15, -0.1) is 11.8 Å². The molecule has 106 valence electrons. The van der Waals surface area contributed by atoms with Crippen molar-refractivity contribution in [3.8, 4) is 6.07 Å². The lowest BCUT2D eigenvalue weighted by Crippen LogP contribution is -2.30. The number of carboxylic acid groups (broad SMARTS) is 1. The van der Waals surface area contributed by atoms with E-state index in [1.165, 1.54) is 11.8 Å². The summed E-state index contributed by atoms with van der Waals surface area (Å²) in [7, 11) is 0. The van der Waals surface area contributed by atoms with Gasteiger partial charge in [-0.25, -0.2) is 0 Å². The number of H-pyrrole nitrogens is 1. The zero-order chi connectivity index (χ0) is 15.4. The van der Waals surface area contributed by atoms with Gasteiger partial charge in [-0.3, -0.25) is 4.79 Å². The number of pyridine rings is 1. The third kappa shape index (κ3) is 3.45. The van der Waals surface area contributed by atoms with Crippen molar-refractivity contribution in [2.45, 2.75) is 10.8 Å². The molecule has 0 spiro atoms. The number of nitrogens with zero attached hydrogens (tertiary/aromatic N) is 1. The molecular formula is C14H8ClN2O3S-. The van der Waals surface area contributed by atoms with Crippen LogP contribution in [0.25, 0.3) is 0 Å². The molecule has 1 N–H and O–H groups in total. The first-order valence-corrected chi connectivity index (χ1v) is 7.14. The van der Waals surface area contributed by atoms with E-state index in [1.54, 1.807) is 12.1 Å². The number of carbonyl (C=O) groups excluding carboxylic acids is 1. The minimum atomic E-state index is -1.62. The maximum Gasteiger partial charge on any atom is 0.257 e. The smallest absolute Gasteiger partial charge is 0.257 e. The molecule has 7 heteroatoms. The molecule has 0 saturated carbocycles. The van der Waals surface area contributed by atoms with Gasteiger partial charge in [0.1, 0.15) is 6.07 Å². The highest BCUT2D eigenvalue weighted by Gasteiger charge is 2.10. The number of hydrogen-bond donors (Lipinski definition) is 1.